The average Bonchev–Trinajstić information content (AvgIpc) is 2.64. The molecule has 0 atom stereocenters. The van der Waals surface area contributed by atoms with Crippen molar-refractivity contribution in [3.05, 3.63) is 45.7 Å². The third-order valence-electron chi connectivity index (χ3n) is 5.12. The third kappa shape index (κ3) is 5.18. The number of hydrogen-bond donors (Lipinski definition) is 2. The quantitative estimate of drug-likeness (QED) is 0.751. The summed E-state index contributed by atoms with van der Waals surface area (Å²) >= 11 is 0. The summed E-state index contributed by atoms with van der Waals surface area (Å²) in [7, 11) is 0. The van der Waals surface area contributed by atoms with Crippen LogP contribution in [0.15, 0.2) is 29.1 Å². The van der Waals surface area contributed by atoms with Crippen LogP contribution in [0.4, 0.5) is 0 Å². The van der Waals surface area contributed by atoms with Crippen molar-refractivity contribution in [1.29, 1.82) is 0 Å². The van der Waals surface area contributed by atoms with Crippen LogP contribution in [-0.2, 0) is 11.2 Å². The van der Waals surface area contributed by atoms with Crippen LogP contribution in [0.3, 0.4) is 0 Å². The van der Waals surface area contributed by atoms with Gasteiger partial charge >= 0.3 is 0 Å². The van der Waals surface area contributed by atoms with Crippen molar-refractivity contribution in [1.82, 2.24) is 15.2 Å². The lowest BCUT2D eigenvalue weighted by molar-refractivity contribution is -0.121. The summed E-state index contributed by atoms with van der Waals surface area (Å²) in [5.41, 5.74) is 2.54. The van der Waals surface area contributed by atoms with Crippen molar-refractivity contribution in [2.75, 3.05) is 26.2 Å². The molecule has 5 heteroatoms. The Morgan fingerprint density at radius 2 is 2.00 bits per heavy atom. The molecular formula is C21H29N3O2. The lowest BCUT2D eigenvalue weighted by atomic mass is 10.1. The first-order valence-electron chi connectivity index (χ1n) is 9.73. The molecule has 2 heterocycles. The number of aryl methyl sites for hydroxylation is 2. The molecule has 1 saturated heterocycles. The molecule has 1 amide bonds. The normalized spacial score (nSPS) is 15.3. The van der Waals surface area contributed by atoms with Crippen molar-refractivity contribution < 1.29 is 4.79 Å². The van der Waals surface area contributed by atoms with Crippen LogP contribution < -0.4 is 10.9 Å². The molecule has 1 aromatic carbocycles. The molecule has 2 N–H and O–H groups in total. The monoisotopic (exact) mass is 355 g/mol. The summed E-state index contributed by atoms with van der Waals surface area (Å²) in [6.07, 6.45) is 5.75. The number of amides is 1. The fourth-order valence-corrected chi connectivity index (χ4v) is 3.60. The zero-order chi connectivity index (χ0) is 18.4. The Bertz CT molecular complexity index is 806. The second-order valence-corrected chi connectivity index (χ2v) is 7.32. The van der Waals surface area contributed by atoms with Crippen LogP contribution in [0.5, 0.6) is 0 Å². The molecule has 3 rings (SSSR count). The number of benzene rings is 1. The first-order valence-corrected chi connectivity index (χ1v) is 9.73. The molecule has 0 aliphatic carbocycles. The molecular weight excluding hydrogens is 326 g/mol. The Hall–Kier alpha value is -2.14. The SMILES string of the molecule is Cc1ccc2cc(CCC(=O)NCCCN3CCCCC3)c(=O)[nH]c2c1. The molecule has 0 spiro atoms. The number of fused-ring (bicyclic) bond motifs is 1. The highest BCUT2D eigenvalue weighted by atomic mass is 16.1. The number of hydrogen-bond acceptors (Lipinski definition) is 3. The molecule has 0 bridgehead atoms. The predicted octanol–water partition coefficient (Wildman–Crippen LogP) is 2.76. The Morgan fingerprint density at radius 3 is 2.81 bits per heavy atom. The number of carbonyl (C=O) groups excluding carboxylic acids is 1. The summed E-state index contributed by atoms with van der Waals surface area (Å²) in [6, 6.07) is 7.90. The maximum Gasteiger partial charge on any atom is 0.251 e. The van der Waals surface area contributed by atoms with Gasteiger partial charge in [0.15, 0.2) is 0 Å². The van der Waals surface area contributed by atoms with Gasteiger partial charge < -0.3 is 15.2 Å². The van der Waals surface area contributed by atoms with E-state index in [0.29, 0.717) is 24.9 Å². The van der Waals surface area contributed by atoms with Crippen LogP contribution in [0.25, 0.3) is 10.9 Å². The number of rotatable bonds is 7. The van der Waals surface area contributed by atoms with Crippen molar-refractivity contribution in [2.45, 2.75) is 45.4 Å². The minimum Gasteiger partial charge on any atom is -0.356 e. The van der Waals surface area contributed by atoms with E-state index < -0.39 is 0 Å². The topological polar surface area (TPSA) is 65.2 Å². The highest BCUT2D eigenvalue weighted by Crippen LogP contribution is 2.13. The maximum atomic E-state index is 12.2. The Balaban J connectivity index is 1.44. The van der Waals surface area contributed by atoms with Gasteiger partial charge in [-0.1, -0.05) is 18.6 Å². The minimum atomic E-state index is -0.0963. The molecule has 1 aliphatic rings. The van der Waals surface area contributed by atoms with E-state index >= 15 is 0 Å². The lowest BCUT2D eigenvalue weighted by Gasteiger charge is -2.26. The number of aromatic amines is 1. The van der Waals surface area contributed by atoms with Crippen LogP contribution in [0, 0.1) is 6.92 Å². The molecule has 0 unspecified atom stereocenters. The van der Waals surface area contributed by atoms with E-state index in [1.807, 2.05) is 31.2 Å². The van der Waals surface area contributed by atoms with Gasteiger partial charge in [-0.2, -0.15) is 0 Å². The maximum absolute atomic E-state index is 12.2. The van der Waals surface area contributed by atoms with E-state index in [9.17, 15) is 9.59 Å². The van der Waals surface area contributed by atoms with Gasteiger partial charge in [0.1, 0.15) is 0 Å². The van der Waals surface area contributed by atoms with Gasteiger partial charge in [0, 0.05) is 24.0 Å². The molecule has 1 fully saturated rings. The number of aromatic nitrogens is 1. The average molecular weight is 355 g/mol. The standard InChI is InChI=1S/C21H29N3O2/c1-16-6-7-17-15-18(21(26)23-19(17)14-16)8-9-20(25)22-10-5-13-24-11-3-2-4-12-24/h6-7,14-15H,2-5,8-13H2,1H3,(H,22,25)(H,23,26). The van der Waals surface area contributed by atoms with E-state index in [4.69, 9.17) is 0 Å². The first-order chi connectivity index (χ1) is 12.6. The predicted molar refractivity (Wildman–Crippen MR) is 106 cm³/mol. The number of carbonyl (C=O) groups is 1. The number of H-pyrrole nitrogens is 1. The number of piperidine rings is 1. The second kappa shape index (κ2) is 8.99. The lowest BCUT2D eigenvalue weighted by Crippen LogP contribution is -2.33. The molecule has 0 saturated carbocycles. The fraction of sp³-hybridized carbons (Fsp3) is 0.524. The number of likely N-dealkylation sites (tertiary alicyclic amines) is 1. The van der Waals surface area contributed by atoms with Gasteiger partial charge in [0.25, 0.3) is 5.56 Å². The second-order valence-electron chi connectivity index (χ2n) is 7.32. The van der Waals surface area contributed by atoms with Crippen LogP contribution in [-0.4, -0.2) is 42.0 Å². The molecule has 26 heavy (non-hydrogen) atoms. The Morgan fingerprint density at radius 1 is 1.19 bits per heavy atom. The first kappa shape index (κ1) is 18.6. The Labute approximate surface area is 154 Å². The molecule has 2 aromatic rings. The van der Waals surface area contributed by atoms with Crippen LogP contribution in [0.2, 0.25) is 0 Å². The van der Waals surface area contributed by atoms with Crippen molar-refractivity contribution in [3.8, 4) is 0 Å². The van der Waals surface area contributed by atoms with E-state index in [1.165, 1.54) is 32.4 Å². The van der Waals surface area contributed by atoms with Crippen LogP contribution in [0.1, 0.15) is 43.2 Å². The Kier molecular flexibility index (Phi) is 6.45. The van der Waals surface area contributed by atoms with Crippen molar-refractivity contribution in [3.63, 3.8) is 0 Å². The number of nitrogens with one attached hydrogen (secondary N) is 2. The van der Waals surface area contributed by atoms with Crippen molar-refractivity contribution >= 4 is 16.8 Å². The highest BCUT2D eigenvalue weighted by molar-refractivity contribution is 5.80. The zero-order valence-electron chi connectivity index (χ0n) is 15.6. The summed E-state index contributed by atoms with van der Waals surface area (Å²) < 4.78 is 0. The van der Waals surface area contributed by atoms with Gasteiger partial charge in [0.05, 0.1) is 0 Å². The molecule has 5 nitrogen and oxygen atoms in total. The largest absolute Gasteiger partial charge is 0.356 e. The van der Waals surface area contributed by atoms with E-state index in [0.717, 1.165) is 29.4 Å². The smallest absolute Gasteiger partial charge is 0.251 e. The summed E-state index contributed by atoms with van der Waals surface area (Å²) in [5, 5.41) is 3.99. The number of pyridine rings is 1. The van der Waals surface area contributed by atoms with E-state index in [-0.39, 0.29) is 11.5 Å². The highest BCUT2D eigenvalue weighted by Gasteiger charge is 2.10. The van der Waals surface area contributed by atoms with E-state index in [1.54, 1.807) is 0 Å². The van der Waals surface area contributed by atoms with Gasteiger partial charge in [-0.3, -0.25) is 9.59 Å². The molecule has 0 radical (unpaired) electrons. The zero-order valence-corrected chi connectivity index (χ0v) is 15.6. The molecule has 140 valence electrons. The van der Waals surface area contributed by atoms with Crippen molar-refractivity contribution in [2.24, 2.45) is 0 Å². The fourth-order valence-electron chi connectivity index (χ4n) is 3.60. The van der Waals surface area contributed by atoms with Gasteiger partial charge in [-0.25, -0.2) is 0 Å². The summed E-state index contributed by atoms with van der Waals surface area (Å²) in [4.78, 5) is 29.6. The minimum absolute atomic E-state index is 0.0204. The van der Waals surface area contributed by atoms with E-state index in [2.05, 4.69) is 15.2 Å². The molecule has 1 aliphatic heterocycles. The van der Waals surface area contributed by atoms with Gasteiger partial charge in [0.2, 0.25) is 5.91 Å². The summed E-state index contributed by atoms with van der Waals surface area (Å²) in [6.45, 7) is 6.16. The number of nitrogens with zero attached hydrogens (tertiary/aromatic N) is 1. The molecule has 1 aromatic heterocycles. The van der Waals surface area contributed by atoms with Gasteiger partial charge in [-0.15, -0.1) is 0 Å². The van der Waals surface area contributed by atoms with Gasteiger partial charge in [-0.05, 0) is 75.3 Å². The van der Waals surface area contributed by atoms with Crippen LogP contribution >= 0.6 is 0 Å². The summed E-state index contributed by atoms with van der Waals surface area (Å²) in [5.74, 6) is 0.0204. The third-order valence-corrected chi connectivity index (χ3v) is 5.12.